The molecule has 0 aromatic carbocycles. The minimum absolute atomic E-state index is 0.129. The average molecular weight is 230 g/mol. The zero-order chi connectivity index (χ0) is 12.0. The summed E-state index contributed by atoms with van der Waals surface area (Å²) in [4.78, 5) is 23.2. The highest BCUT2D eigenvalue weighted by atomic mass is 16.4. The molecule has 3 atom stereocenters. The number of fused-ring (bicyclic) bond motifs is 2. The number of Topliss-reactive ketones (excluding diaryl/α,β-unsaturated/α-hetero) is 1. The van der Waals surface area contributed by atoms with E-state index in [0.29, 0.717) is 6.42 Å². The lowest BCUT2D eigenvalue weighted by Crippen LogP contribution is -2.27. The van der Waals surface area contributed by atoms with Crippen molar-refractivity contribution in [2.45, 2.75) is 19.3 Å². The Morgan fingerprint density at radius 1 is 1.35 bits per heavy atom. The first-order chi connectivity index (χ1) is 8.18. The third-order valence-electron chi connectivity index (χ3n) is 4.01. The van der Waals surface area contributed by atoms with Gasteiger partial charge in [-0.15, -0.1) is 0 Å². The lowest BCUT2D eigenvalue weighted by molar-refractivity contribution is -0.141. The van der Waals surface area contributed by atoms with Crippen LogP contribution in [0.1, 0.15) is 19.3 Å². The van der Waals surface area contributed by atoms with Crippen LogP contribution in [-0.2, 0) is 9.59 Å². The number of allylic oxidation sites excluding steroid dienone is 5. The molecule has 2 unspecified atom stereocenters. The molecule has 0 aromatic heterocycles. The van der Waals surface area contributed by atoms with Crippen molar-refractivity contribution >= 4 is 11.8 Å². The number of carbonyl (C=O) groups is 2. The van der Waals surface area contributed by atoms with E-state index in [4.69, 9.17) is 5.11 Å². The van der Waals surface area contributed by atoms with Crippen LogP contribution < -0.4 is 0 Å². The lowest BCUT2D eigenvalue weighted by atomic mass is 9.78. The number of carbonyl (C=O) groups excluding carboxylic acids is 1. The molecule has 0 spiro atoms. The van der Waals surface area contributed by atoms with E-state index in [9.17, 15) is 9.59 Å². The minimum Gasteiger partial charge on any atom is -0.481 e. The second kappa shape index (κ2) is 3.69. The van der Waals surface area contributed by atoms with Crippen molar-refractivity contribution in [2.75, 3.05) is 0 Å². The van der Waals surface area contributed by atoms with Crippen LogP contribution in [0.4, 0.5) is 0 Å². The Kier molecular flexibility index (Phi) is 2.28. The second-order valence-corrected chi connectivity index (χ2v) is 4.94. The summed E-state index contributed by atoms with van der Waals surface area (Å²) in [6.07, 6.45) is 10.0. The van der Waals surface area contributed by atoms with E-state index in [0.717, 1.165) is 24.0 Å². The fraction of sp³-hybridized carbons (Fsp3) is 0.429. The Bertz CT molecular complexity index is 482. The zero-order valence-corrected chi connectivity index (χ0v) is 9.43. The highest BCUT2D eigenvalue weighted by molar-refractivity contribution is 6.02. The summed E-state index contributed by atoms with van der Waals surface area (Å²) >= 11 is 0. The summed E-state index contributed by atoms with van der Waals surface area (Å²) in [5.74, 6) is -1.14. The molecule has 3 aliphatic carbocycles. The molecular formula is C14H14O3. The average Bonchev–Trinajstić information content (AvgIpc) is 2.64. The van der Waals surface area contributed by atoms with Crippen LogP contribution in [0.2, 0.25) is 0 Å². The van der Waals surface area contributed by atoms with Gasteiger partial charge in [0.05, 0.1) is 5.92 Å². The molecule has 1 N–H and O–H groups in total. The van der Waals surface area contributed by atoms with Gasteiger partial charge in [-0.25, -0.2) is 0 Å². The molecule has 0 aliphatic heterocycles. The first-order valence-corrected chi connectivity index (χ1v) is 6.03. The van der Waals surface area contributed by atoms with Crippen molar-refractivity contribution in [1.29, 1.82) is 0 Å². The van der Waals surface area contributed by atoms with Gasteiger partial charge in [-0.2, -0.15) is 0 Å². The molecule has 3 rings (SSSR count). The number of carboxylic acid groups (broad SMARTS) is 1. The standard InChI is InChI=1S/C14H14O3/c15-13-11-4-2-1-3-9(11)10-6-5-8(14(16)17)7-12(10)13/h1,3,5-6,8,10,12H,2,4,7H2,(H,16,17)/t8?,10?,12-/m0/s1. The van der Waals surface area contributed by atoms with E-state index in [-0.39, 0.29) is 17.6 Å². The van der Waals surface area contributed by atoms with Gasteiger partial charge in [0.2, 0.25) is 0 Å². The summed E-state index contributed by atoms with van der Waals surface area (Å²) < 4.78 is 0. The van der Waals surface area contributed by atoms with Gasteiger partial charge in [-0.1, -0.05) is 24.3 Å². The van der Waals surface area contributed by atoms with Gasteiger partial charge in [0, 0.05) is 11.8 Å². The van der Waals surface area contributed by atoms with Crippen molar-refractivity contribution in [3.8, 4) is 0 Å². The van der Waals surface area contributed by atoms with E-state index in [1.165, 1.54) is 0 Å². The van der Waals surface area contributed by atoms with Crippen LogP contribution in [0, 0.1) is 17.8 Å². The van der Waals surface area contributed by atoms with Gasteiger partial charge in [0.1, 0.15) is 0 Å². The Morgan fingerprint density at radius 2 is 2.18 bits per heavy atom. The quantitative estimate of drug-likeness (QED) is 0.702. The number of carboxylic acids is 1. The third kappa shape index (κ3) is 1.49. The van der Waals surface area contributed by atoms with Crippen LogP contribution in [-0.4, -0.2) is 16.9 Å². The van der Waals surface area contributed by atoms with Gasteiger partial charge in [-0.3, -0.25) is 9.59 Å². The lowest BCUT2D eigenvalue weighted by Gasteiger charge is -2.24. The molecular weight excluding hydrogens is 216 g/mol. The molecule has 0 fully saturated rings. The minimum atomic E-state index is -0.826. The second-order valence-electron chi connectivity index (χ2n) is 4.94. The summed E-state index contributed by atoms with van der Waals surface area (Å²) in [5, 5.41) is 9.01. The molecule has 3 aliphatic rings. The number of rotatable bonds is 1. The molecule has 0 saturated heterocycles. The van der Waals surface area contributed by atoms with Crippen LogP contribution in [0.15, 0.2) is 35.5 Å². The molecule has 0 heterocycles. The molecule has 0 bridgehead atoms. The van der Waals surface area contributed by atoms with Gasteiger partial charge >= 0.3 is 5.97 Å². The van der Waals surface area contributed by atoms with Crippen molar-refractivity contribution in [2.24, 2.45) is 17.8 Å². The third-order valence-corrected chi connectivity index (χ3v) is 4.01. The first kappa shape index (κ1) is 10.5. The summed E-state index contributed by atoms with van der Waals surface area (Å²) in [6.45, 7) is 0. The number of ketones is 1. The highest BCUT2D eigenvalue weighted by Crippen LogP contribution is 2.45. The summed E-state index contributed by atoms with van der Waals surface area (Å²) in [7, 11) is 0. The largest absolute Gasteiger partial charge is 0.481 e. The number of hydrogen-bond acceptors (Lipinski definition) is 2. The predicted octanol–water partition coefficient (Wildman–Crippen LogP) is 2.11. The maximum absolute atomic E-state index is 12.2. The number of aliphatic carboxylic acids is 1. The summed E-state index contributed by atoms with van der Waals surface area (Å²) in [6, 6.07) is 0. The normalized spacial score (nSPS) is 34.8. The van der Waals surface area contributed by atoms with Crippen molar-refractivity contribution in [3.05, 3.63) is 35.5 Å². The van der Waals surface area contributed by atoms with E-state index >= 15 is 0 Å². The smallest absolute Gasteiger partial charge is 0.310 e. The Hall–Kier alpha value is -1.64. The highest BCUT2D eigenvalue weighted by Gasteiger charge is 2.43. The van der Waals surface area contributed by atoms with Gasteiger partial charge in [0.15, 0.2) is 5.78 Å². The number of hydrogen-bond donors (Lipinski definition) is 1. The molecule has 0 aromatic rings. The fourth-order valence-corrected chi connectivity index (χ4v) is 3.14. The summed E-state index contributed by atoms with van der Waals surface area (Å²) in [5.41, 5.74) is 2.07. The van der Waals surface area contributed by atoms with E-state index < -0.39 is 11.9 Å². The van der Waals surface area contributed by atoms with E-state index in [2.05, 4.69) is 6.08 Å². The van der Waals surface area contributed by atoms with E-state index in [1.807, 2.05) is 12.2 Å². The Balaban J connectivity index is 1.95. The maximum Gasteiger partial charge on any atom is 0.310 e. The molecule has 3 nitrogen and oxygen atoms in total. The van der Waals surface area contributed by atoms with Crippen molar-refractivity contribution in [3.63, 3.8) is 0 Å². The zero-order valence-electron chi connectivity index (χ0n) is 9.43. The van der Waals surface area contributed by atoms with E-state index in [1.54, 1.807) is 6.08 Å². The molecule has 3 heteroatoms. The van der Waals surface area contributed by atoms with Crippen LogP contribution >= 0.6 is 0 Å². The topological polar surface area (TPSA) is 54.4 Å². The van der Waals surface area contributed by atoms with Gasteiger partial charge in [-0.05, 0) is 30.4 Å². The van der Waals surface area contributed by atoms with Crippen molar-refractivity contribution < 1.29 is 14.7 Å². The van der Waals surface area contributed by atoms with Crippen LogP contribution in [0.25, 0.3) is 0 Å². The SMILES string of the molecule is O=C(O)C1C=CC2C3=C(CCC=C3)C(=O)[C@H]2C1. The fourth-order valence-electron chi connectivity index (χ4n) is 3.14. The monoisotopic (exact) mass is 230 g/mol. The van der Waals surface area contributed by atoms with Gasteiger partial charge in [0.25, 0.3) is 0 Å². The molecule has 0 radical (unpaired) electrons. The van der Waals surface area contributed by atoms with Crippen molar-refractivity contribution in [1.82, 2.24) is 0 Å². The Morgan fingerprint density at radius 3 is 2.94 bits per heavy atom. The first-order valence-electron chi connectivity index (χ1n) is 6.03. The predicted molar refractivity (Wildman–Crippen MR) is 62.3 cm³/mol. The Labute approximate surface area is 99.5 Å². The molecule has 0 amide bonds. The maximum atomic E-state index is 12.2. The van der Waals surface area contributed by atoms with Crippen LogP contribution in [0.5, 0.6) is 0 Å². The molecule has 17 heavy (non-hydrogen) atoms. The van der Waals surface area contributed by atoms with Gasteiger partial charge < -0.3 is 5.11 Å². The molecule has 88 valence electrons. The van der Waals surface area contributed by atoms with Crippen LogP contribution in [0.3, 0.4) is 0 Å². The molecule has 0 saturated carbocycles.